The van der Waals surface area contributed by atoms with E-state index in [4.69, 9.17) is 20.4 Å². The van der Waals surface area contributed by atoms with Crippen molar-refractivity contribution >= 4 is 33.3 Å². The maximum Gasteiger partial charge on any atom is 0.219 e. The predicted octanol–water partition coefficient (Wildman–Crippen LogP) is 2.34. The molecule has 3 aromatic heterocycles. The lowest BCUT2D eigenvalue weighted by Gasteiger charge is -2.31. The molecule has 0 spiro atoms. The number of ether oxygens (including phenoxy) is 1. The molecule has 0 radical (unpaired) electrons. The van der Waals surface area contributed by atoms with Crippen LogP contribution in [0.1, 0.15) is 17.7 Å². The van der Waals surface area contributed by atoms with Crippen LogP contribution in [0.2, 0.25) is 0 Å². The largest absolute Gasteiger partial charge is 0.378 e. The molecule has 0 atom stereocenters. The Labute approximate surface area is 198 Å². The SMILES string of the molecule is CN1CCC(CN(C)Cc2cc3nc(-c4cnc(N)nc4)nc(N4CCOCC4)c3s2)CC1. The van der Waals surface area contributed by atoms with Crippen molar-refractivity contribution in [2.75, 3.05) is 70.7 Å². The number of thiophene rings is 1. The standard InChI is InChI=1S/C23H32N8OS/c1-29-5-3-16(4-6-29)14-30(2)15-18-11-19-20(33-18)22(31-7-9-32-10-8-31)28-21(27-19)17-12-25-23(24)26-13-17/h11-13,16H,3-10,14-15H2,1-2H3,(H2,24,25,26). The van der Waals surface area contributed by atoms with Crippen molar-refractivity contribution in [3.05, 3.63) is 23.3 Å². The van der Waals surface area contributed by atoms with Gasteiger partial charge in [0.1, 0.15) is 0 Å². The molecule has 5 heterocycles. The lowest BCUT2D eigenvalue weighted by atomic mass is 9.97. The second-order valence-electron chi connectivity index (χ2n) is 9.17. The van der Waals surface area contributed by atoms with Crippen molar-refractivity contribution in [1.82, 2.24) is 29.7 Å². The van der Waals surface area contributed by atoms with E-state index in [2.05, 4.69) is 44.8 Å². The van der Waals surface area contributed by atoms with Crippen LogP contribution in [0.5, 0.6) is 0 Å². The van der Waals surface area contributed by atoms with E-state index < -0.39 is 0 Å². The van der Waals surface area contributed by atoms with Gasteiger partial charge in [-0.25, -0.2) is 19.9 Å². The van der Waals surface area contributed by atoms with E-state index in [1.807, 2.05) is 0 Å². The Hall–Kier alpha value is -2.40. The van der Waals surface area contributed by atoms with Gasteiger partial charge in [0, 0.05) is 43.4 Å². The van der Waals surface area contributed by atoms with Gasteiger partial charge in [-0.15, -0.1) is 11.3 Å². The fraction of sp³-hybridized carbons (Fsp3) is 0.565. The van der Waals surface area contributed by atoms with E-state index in [1.54, 1.807) is 23.7 Å². The molecule has 33 heavy (non-hydrogen) atoms. The van der Waals surface area contributed by atoms with Gasteiger partial charge in [-0.3, -0.25) is 0 Å². The molecule has 2 N–H and O–H groups in total. The van der Waals surface area contributed by atoms with Crippen LogP contribution in [0.3, 0.4) is 0 Å². The van der Waals surface area contributed by atoms with Crippen molar-refractivity contribution in [2.45, 2.75) is 19.4 Å². The molecule has 0 amide bonds. The van der Waals surface area contributed by atoms with Crippen molar-refractivity contribution in [1.29, 1.82) is 0 Å². The summed E-state index contributed by atoms with van der Waals surface area (Å²) in [6.45, 7) is 7.55. The molecule has 9 nitrogen and oxygen atoms in total. The van der Waals surface area contributed by atoms with Crippen LogP contribution in [0, 0.1) is 5.92 Å². The summed E-state index contributed by atoms with van der Waals surface area (Å²) in [5.41, 5.74) is 7.42. The van der Waals surface area contributed by atoms with Gasteiger partial charge in [-0.05, 0) is 52.0 Å². The maximum atomic E-state index is 5.68. The van der Waals surface area contributed by atoms with Gasteiger partial charge in [0.05, 0.1) is 29.0 Å². The number of nitrogens with two attached hydrogens (primary N) is 1. The lowest BCUT2D eigenvalue weighted by Crippen LogP contribution is -2.36. The molecule has 0 aromatic carbocycles. The molecule has 0 saturated carbocycles. The van der Waals surface area contributed by atoms with Crippen molar-refractivity contribution in [3.63, 3.8) is 0 Å². The van der Waals surface area contributed by atoms with E-state index >= 15 is 0 Å². The van der Waals surface area contributed by atoms with E-state index in [1.165, 1.54) is 30.8 Å². The third-order valence-corrected chi connectivity index (χ3v) is 7.58. The fourth-order valence-corrected chi connectivity index (χ4v) is 5.82. The quantitative estimate of drug-likeness (QED) is 0.585. The zero-order chi connectivity index (χ0) is 22.8. The number of nitrogen functional groups attached to an aromatic ring is 1. The highest BCUT2D eigenvalue weighted by atomic mass is 32.1. The summed E-state index contributed by atoms with van der Waals surface area (Å²) in [7, 11) is 4.45. The molecular formula is C23H32N8OS. The number of likely N-dealkylation sites (tertiary alicyclic amines) is 1. The summed E-state index contributed by atoms with van der Waals surface area (Å²) in [6.07, 6.45) is 5.95. The Morgan fingerprint density at radius 2 is 1.85 bits per heavy atom. The number of fused-ring (bicyclic) bond motifs is 1. The first-order valence-corrected chi connectivity index (χ1v) is 12.4. The highest BCUT2D eigenvalue weighted by molar-refractivity contribution is 7.19. The third kappa shape index (κ3) is 5.24. The highest BCUT2D eigenvalue weighted by Crippen LogP contribution is 2.35. The zero-order valence-electron chi connectivity index (χ0n) is 19.4. The van der Waals surface area contributed by atoms with Gasteiger partial charge in [0.15, 0.2) is 11.6 Å². The predicted molar refractivity (Wildman–Crippen MR) is 132 cm³/mol. The number of hydrogen-bond acceptors (Lipinski definition) is 10. The Morgan fingerprint density at radius 3 is 2.58 bits per heavy atom. The summed E-state index contributed by atoms with van der Waals surface area (Å²) in [5, 5.41) is 0. The van der Waals surface area contributed by atoms with Gasteiger partial charge in [-0.1, -0.05) is 0 Å². The number of hydrogen-bond donors (Lipinski definition) is 1. The number of piperidine rings is 1. The smallest absolute Gasteiger partial charge is 0.219 e. The molecule has 3 aromatic rings. The topological polar surface area (TPSA) is 96.5 Å². The molecule has 10 heteroatoms. The van der Waals surface area contributed by atoms with Gasteiger partial charge >= 0.3 is 0 Å². The molecule has 176 valence electrons. The molecule has 2 fully saturated rings. The normalized spacial score (nSPS) is 18.5. The van der Waals surface area contributed by atoms with Crippen molar-refractivity contribution in [2.24, 2.45) is 5.92 Å². The van der Waals surface area contributed by atoms with Crippen LogP contribution in [-0.2, 0) is 11.3 Å². The van der Waals surface area contributed by atoms with Gasteiger partial charge in [0.2, 0.25) is 5.95 Å². The van der Waals surface area contributed by atoms with Crippen LogP contribution in [0.4, 0.5) is 11.8 Å². The first-order chi connectivity index (χ1) is 16.0. The Bertz CT molecular complexity index is 1070. The van der Waals surface area contributed by atoms with Gasteiger partial charge in [-0.2, -0.15) is 0 Å². The van der Waals surface area contributed by atoms with E-state index in [-0.39, 0.29) is 5.95 Å². The second kappa shape index (κ2) is 9.84. The van der Waals surface area contributed by atoms with Crippen LogP contribution < -0.4 is 10.6 Å². The van der Waals surface area contributed by atoms with Crippen LogP contribution in [0.15, 0.2) is 18.5 Å². The van der Waals surface area contributed by atoms with E-state index in [9.17, 15) is 0 Å². The summed E-state index contributed by atoms with van der Waals surface area (Å²) < 4.78 is 6.71. The molecule has 2 saturated heterocycles. The molecule has 0 unspecified atom stereocenters. The maximum absolute atomic E-state index is 5.68. The first-order valence-electron chi connectivity index (χ1n) is 11.6. The molecule has 2 aliphatic rings. The van der Waals surface area contributed by atoms with Crippen LogP contribution in [0.25, 0.3) is 21.6 Å². The van der Waals surface area contributed by atoms with E-state index in [0.717, 1.165) is 53.7 Å². The molecule has 0 aliphatic carbocycles. The average Bonchev–Trinajstić information content (AvgIpc) is 3.23. The molecule has 0 bridgehead atoms. The summed E-state index contributed by atoms with van der Waals surface area (Å²) in [5.74, 6) is 2.64. The van der Waals surface area contributed by atoms with E-state index in [0.29, 0.717) is 19.0 Å². The van der Waals surface area contributed by atoms with Crippen molar-refractivity contribution in [3.8, 4) is 11.4 Å². The van der Waals surface area contributed by atoms with Crippen LogP contribution >= 0.6 is 11.3 Å². The number of anilines is 2. The summed E-state index contributed by atoms with van der Waals surface area (Å²) in [6, 6.07) is 2.22. The van der Waals surface area contributed by atoms with Crippen LogP contribution in [-0.4, -0.2) is 89.8 Å². The monoisotopic (exact) mass is 468 g/mol. The Morgan fingerprint density at radius 1 is 1.12 bits per heavy atom. The third-order valence-electron chi connectivity index (χ3n) is 6.48. The number of nitrogens with zero attached hydrogens (tertiary/aromatic N) is 7. The molecule has 5 rings (SSSR count). The fourth-order valence-electron chi connectivity index (χ4n) is 4.63. The highest BCUT2D eigenvalue weighted by Gasteiger charge is 2.22. The van der Waals surface area contributed by atoms with Crippen molar-refractivity contribution < 1.29 is 4.74 Å². The molecular weight excluding hydrogens is 436 g/mol. The minimum absolute atomic E-state index is 0.249. The summed E-state index contributed by atoms with van der Waals surface area (Å²) >= 11 is 1.81. The van der Waals surface area contributed by atoms with Gasteiger partial charge in [0.25, 0.3) is 0 Å². The second-order valence-corrected chi connectivity index (χ2v) is 10.3. The first kappa shape index (κ1) is 22.4. The lowest BCUT2D eigenvalue weighted by molar-refractivity contribution is 0.122. The van der Waals surface area contributed by atoms with Gasteiger partial charge < -0.3 is 25.2 Å². The average molecular weight is 469 g/mol. The number of morpholine rings is 1. The summed E-state index contributed by atoms with van der Waals surface area (Å²) in [4.78, 5) is 26.6. The molecule has 2 aliphatic heterocycles. The minimum Gasteiger partial charge on any atom is -0.378 e. The number of rotatable bonds is 6. The zero-order valence-corrected chi connectivity index (χ0v) is 20.2. The minimum atomic E-state index is 0.249. The Balaban J connectivity index is 1.41. The Kier molecular flexibility index (Phi) is 6.68. The number of aromatic nitrogens is 4.